The van der Waals surface area contributed by atoms with E-state index in [0.717, 1.165) is 6.42 Å². The molecule has 0 heterocycles. The second-order valence-electron chi connectivity index (χ2n) is 3.77. The number of benzene rings is 1. The Hall–Kier alpha value is -1.84. The van der Waals surface area contributed by atoms with Gasteiger partial charge in [0, 0.05) is 0 Å². The molecule has 0 aromatic heterocycles. The Balaban J connectivity index is 2.62. The van der Waals surface area contributed by atoms with Crippen LogP contribution in [0.2, 0.25) is 0 Å². The topological polar surface area (TPSA) is 63.6 Å². The van der Waals surface area contributed by atoms with E-state index in [0.29, 0.717) is 18.6 Å². The molecule has 1 unspecified atom stereocenters. The summed E-state index contributed by atoms with van der Waals surface area (Å²) in [5.74, 6) is -2.52. The molecule has 0 aliphatic heterocycles. The van der Waals surface area contributed by atoms with Gasteiger partial charge in [-0.3, -0.25) is 9.59 Å². The van der Waals surface area contributed by atoms with Crippen LogP contribution in [0.3, 0.4) is 0 Å². The first kappa shape index (κ1) is 13.2. The molecule has 92 valence electrons. The number of aliphatic carboxylic acids is 1. The van der Waals surface area contributed by atoms with Gasteiger partial charge in [0.2, 0.25) is 0 Å². The highest BCUT2D eigenvalue weighted by molar-refractivity contribution is 5.94. The average molecular weight is 236 g/mol. The molecule has 1 rings (SSSR count). The number of rotatable bonds is 6. The summed E-state index contributed by atoms with van der Waals surface area (Å²) in [6.07, 6.45) is 1.86. The van der Waals surface area contributed by atoms with Gasteiger partial charge in [0.1, 0.15) is 5.75 Å². The maximum Gasteiger partial charge on any atom is 0.325 e. The van der Waals surface area contributed by atoms with E-state index in [9.17, 15) is 9.59 Å². The quantitative estimate of drug-likeness (QED) is 0.468. The van der Waals surface area contributed by atoms with Crippen molar-refractivity contribution in [1.82, 2.24) is 0 Å². The van der Waals surface area contributed by atoms with Crippen LogP contribution in [0.5, 0.6) is 5.75 Å². The highest BCUT2D eigenvalue weighted by atomic mass is 16.5. The summed E-state index contributed by atoms with van der Waals surface area (Å²) >= 11 is 0. The first-order valence-electron chi connectivity index (χ1n) is 5.64. The summed E-state index contributed by atoms with van der Waals surface area (Å²) in [7, 11) is 0. The van der Waals surface area contributed by atoms with Crippen molar-refractivity contribution >= 4 is 11.9 Å². The number of carboxylic acid groups (broad SMARTS) is 1. The van der Waals surface area contributed by atoms with Gasteiger partial charge in [0.05, 0.1) is 0 Å². The van der Waals surface area contributed by atoms with Crippen molar-refractivity contribution in [2.75, 3.05) is 0 Å². The number of carbonyl (C=O) groups is 2. The molecule has 0 amide bonds. The monoisotopic (exact) mass is 236 g/mol. The number of ether oxygens (including phenoxy) is 1. The Bertz CT molecular complexity index is 372. The standard InChI is InChI=1S/C13H16O4/c1-2-3-9-11(12(14)15)13(16)17-10-7-5-4-6-8-10/h4-8,11H,2-3,9H2,1H3,(H,14,15). The van der Waals surface area contributed by atoms with Crippen molar-refractivity contribution in [1.29, 1.82) is 0 Å². The van der Waals surface area contributed by atoms with E-state index in [1.807, 2.05) is 6.92 Å². The minimum Gasteiger partial charge on any atom is -0.481 e. The smallest absolute Gasteiger partial charge is 0.325 e. The number of esters is 1. The lowest BCUT2D eigenvalue weighted by atomic mass is 10.0. The molecular weight excluding hydrogens is 220 g/mol. The molecule has 1 aromatic carbocycles. The summed E-state index contributed by atoms with van der Waals surface area (Å²) < 4.78 is 5.02. The van der Waals surface area contributed by atoms with E-state index in [1.54, 1.807) is 30.3 Å². The van der Waals surface area contributed by atoms with Crippen LogP contribution in [0.4, 0.5) is 0 Å². The van der Waals surface area contributed by atoms with Gasteiger partial charge in [-0.05, 0) is 18.6 Å². The third-order valence-corrected chi connectivity index (χ3v) is 2.39. The zero-order valence-electron chi connectivity index (χ0n) is 9.76. The van der Waals surface area contributed by atoms with Crippen molar-refractivity contribution in [2.24, 2.45) is 5.92 Å². The van der Waals surface area contributed by atoms with Crippen LogP contribution < -0.4 is 4.74 Å². The number of unbranched alkanes of at least 4 members (excludes halogenated alkanes) is 1. The lowest BCUT2D eigenvalue weighted by Crippen LogP contribution is -2.27. The van der Waals surface area contributed by atoms with Crippen LogP contribution in [-0.4, -0.2) is 17.0 Å². The van der Waals surface area contributed by atoms with Crippen molar-refractivity contribution in [2.45, 2.75) is 26.2 Å². The molecule has 1 aromatic rings. The summed E-state index contributed by atoms with van der Waals surface area (Å²) in [4.78, 5) is 22.6. The molecule has 0 aliphatic carbocycles. The Kier molecular flexibility index (Phi) is 5.20. The normalized spacial score (nSPS) is 11.8. The zero-order chi connectivity index (χ0) is 12.7. The maximum atomic E-state index is 11.7. The molecule has 4 heteroatoms. The van der Waals surface area contributed by atoms with E-state index >= 15 is 0 Å². The lowest BCUT2D eigenvalue weighted by Gasteiger charge is -2.11. The average Bonchev–Trinajstić information content (AvgIpc) is 2.30. The largest absolute Gasteiger partial charge is 0.481 e. The van der Waals surface area contributed by atoms with Gasteiger partial charge in [-0.25, -0.2) is 0 Å². The first-order chi connectivity index (χ1) is 8.15. The fourth-order valence-electron chi connectivity index (χ4n) is 1.43. The molecule has 0 spiro atoms. The Labute approximate surface area is 100 Å². The van der Waals surface area contributed by atoms with Gasteiger partial charge in [-0.1, -0.05) is 38.0 Å². The summed E-state index contributed by atoms with van der Waals surface area (Å²) in [6, 6.07) is 8.49. The van der Waals surface area contributed by atoms with E-state index in [1.165, 1.54) is 0 Å². The third-order valence-electron chi connectivity index (χ3n) is 2.39. The fourth-order valence-corrected chi connectivity index (χ4v) is 1.43. The van der Waals surface area contributed by atoms with Gasteiger partial charge >= 0.3 is 11.9 Å². The zero-order valence-corrected chi connectivity index (χ0v) is 9.76. The predicted octanol–water partition coefficient (Wildman–Crippen LogP) is 2.48. The summed E-state index contributed by atoms with van der Waals surface area (Å²) in [6.45, 7) is 1.95. The van der Waals surface area contributed by atoms with E-state index in [4.69, 9.17) is 9.84 Å². The molecule has 0 radical (unpaired) electrons. The van der Waals surface area contributed by atoms with Gasteiger partial charge in [0.15, 0.2) is 5.92 Å². The minimum atomic E-state index is -1.13. The second kappa shape index (κ2) is 6.68. The SMILES string of the molecule is CCCCC(C(=O)O)C(=O)Oc1ccccc1. The number of hydrogen-bond donors (Lipinski definition) is 1. The number of para-hydroxylation sites is 1. The summed E-state index contributed by atoms with van der Waals surface area (Å²) in [5, 5.41) is 8.95. The van der Waals surface area contributed by atoms with Crippen LogP contribution in [0, 0.1) is 5.92 Å². The third kappa shape index (κ3) is 4.26. The van der Waals surface area contributed by atoms with Crippen LogP contribution in [-0.2, 0) is 9.59 Å². The molecule has 0 fully saturated rings. The molecule has 0 aliphatic rings. The van der Waals surface area contributed by atoms with E-state index in [-0.39, 0.29) is 0 Å². The molecule has 4 nitrogen and oxygen atoms in total. The number of carbonyl (C=O) groups excluding carboxylic acids is 1. The molecule has 0 saturated heterocycles. The fraction of sp³-hybridized carbons (Fsp3) is 0.385. The van der Waals surface area contributed by atoms with E-state index < -0.39 is 17.9 Å². The van der Waals surface area contributed by atoms with Crippen molar-refractivity contribution in [3.05, 3.63) is 30.3 Å². The van der Waals surface area contributed by atoms with Gasteiger partial charge in [-0.2, -0.15) is 0 Å². The molecular formula is C13H16O4. The maximum absolute atomic E-state index is 11.7. The van der Waals surface area contributed by atoms with Crippen LogP contribution >= 0.6 is 0 Å². The molecule has 1 atom stereocenters. The predicted molar refractivity (Wildman–Crippen MR) is 62.7 cm³/mol. The van der Waals surface area contributed by atoms with Gasteiger partial charge in [-0.15, -0.1) is 0 Å². The first-order valence-corrected chi connectivity index (χ1v) is 5.64. The Morgan fingerprint density at radius 1 is 1.29 bits per heavy atom. The van der Waals surface area contributed by atoms with Crippen LogP contribution in [0.25, 0.3) is 0 Å². The minimum absolute atomic E-state index is 0.317. The molecule has 17 heavy (non-hydrogen) atoms. The molecule has 0 bridgehead atoms. The lowest BCUT2D eigenvalue weighted by molar-refractivity contribution is -0.153. The van der Waals surface area contributed by atoms with Crippen LogP contribution in [0.15, 0.2) is 30.3 Å². The van der Waals surface area contributed by atoms with Crippen LogP contribution in [0.1, 0.15) is 26.2 Å². The van der Waals surface area contributed by atoms with Crippen molar-refractivity contribution in [3.8, 4) is 5.75 Å². The highest BCUT2D eigenvalue weighted by Crippen LogP contribution is 2.15. The van der Waals surface area contributed by atoms with Gasteiger partial charge in [0.25, 0.3) is 0 Å². The van der Waals surface area contributed by atoms with E-state index in [2.05, 4.69) is 0 Å². The molecule has 1 N–H and O–H groups in total. The Morgan fingerprint density at radius 2 is 1.94 bits per heavy atom. The second-order valence-corrected chi connectivity index (χ2v) is 3.77. The van der Waals surface area contributed by atoms with Gasteiger partial charge < -0.3 is 9.84 Å². The Morgan fingerprint density at radius 3 is 2.47 bits per heavy atom. The van der Waals surface area contributed by atoms with Crippen molar-refractivity contribution in [3.63, 3.8) is 0 Å². The molecule has 0 saturated carbocycles. The summed E-state index contributed by atoms with van der Waals surface area (Å²) in [5.41, 5.74) is 0. The van der Waals surface area contributed by atoms with Crippen molar-refractivity contribution < 1.29 is 19.4 Å². The number of hydrogen-bond acceptors (Lipinski definition) is 3. The number of carboxylic acids is 1. The highest BCUT2D eigenvalue weighted by Gasteiger charge is 2.27.